The molecule has 0 aromatic carbocycles. The lowest BCUT2D eigenvalue weighted by molar-refractivity contribution is -0.135. The number of rotatable bonds is 6. The van der Waals surface area contributed by atoms with Gasteiger partial charge in [0.25, 0.3) is 0 Å². The van der Waals surface area contributed by atoms with Crippen molar-refractivity contribution in [3.8, 4) is 0 Å². The summed E-state index contributed by atoms with van der Waals surface area (Å²) in [6.45, 7) is 4.75. The molecule has 3 heteroatoms. The summed E-state index contributed by atoms with van der Waals surface area (Å²) in [7, 11) is 0. The summed E-state index contributed by atoms with van der Waals surface area (Å²) in [4.78, 5) is 12.0. The van der Waals surface area contributed by atoms with Crippen molar-refractivity contribution in [1.29, 1.82) is 0 Å². The number of hydrogen-bond acceptors (Lipinski definition) is 2. The number of hydrogen-bond donors (Lipinski definition) is 2. The van der Waals surface area contributed by atoms with Gasteiger partial charge in [-0.15, -0.1) is 0 Å². The van der Waals surface area contributed by atoms with Gasteiger partial charge in [0.15, 0.2) is 0 Å². The number of nitrogens with two attached hydrogens (primary N) is 1. The van der Waals surface area contributed by atoms with E-state index >= 15 is 0 Å². The molecule has 1 fully saturated rings. The third-order valence-corrected chi connectivity index (χ3v) is 3.55. The minimum Gasteiger partial charge on any atom is -0.353 e. The van der Waals surface area contributed by atoms with Crippen molar-refractivity contribution in [2.24, 2.45) is 11.1 Å². The van der Waals surface area contributed by atoms with Gasteiger partial charge in [-0.1, -0.05) is 26.2 Å². The van der Waals surface area contributed by atoms with Crippen LogP contribution in [-0.2, 0) is 4.79 Å². The van der Waals surface area contributed by atoms with Crippen molar-refractivity contribution in [1.82, 2.24) is 5.32 Å². The van der Waals surface area contributed by atoms with Crippen LogP contribution >= 0.6 is 0 Å². The molecule has 1 atom stereocenters. The molecule has 88 valence electrons. The second kappa shape index (κ2) is 5.50. The van der Waals surface area contributed by atoms with Gasteiger partial charge in [0.2, 0.25) is 5.91 Å². The van der Waals surface area contributed by atoms with E-state index in [2.05, 4.69) is 19.2 Å². The first-order chi connectivity index (χ1) is 7.14. The fraction of sp³-hybridized carbons (Fsp3) is 0.917. The quantitative estimate of drug-likeness (QED) is 0.705. The Morgan fingerprint density at radius 3 is 2.60 bits per heavy atom. The maximum Gasteiger partial charge on any atom is 0.227 e. The third-order valence-electron chi connectivity index (χ3n) is 3.55. The van der Waals surface area contributed by atoms with Crippen LogP contribution in [0.1, 0.15) is 52.4 Å². The maximum atomic E-state index is 12.0. The zero-order chi connectivity index (χ0) is 11.3. The molecule has 0 bridgehead atoms. The number of amides is 1. The van der Waals surface area contributed by atoms with Gasteiger partial charge in [-0.3, -0.25) is 4.79 Å². The van der Waals surface area contributed by atoms with E-state index in [1.807, 2.05) is 0 Å². The van der Waals surface area contributed by atoms with Gasteiger partial charge in [0.1, 0.15) is 0 Å². The van der Waals surface area contributed by atoms with Crippen LogP contribution in [0, 0.1) is 5.41 Å². The molecule has 0 heterocycles. The Hall–Kier alpha value is -0.570. The molecule has 0 aliphatic heterocycles. The van der Waals surface area contributed by atoms with E-state index in [0.717, 1.165) is 25.7 Å². The Balaban J connectivity index is 2.34. The Morgan fingerprint density at radius 1 is 1.53 bits per heavy atom. The highest BCUT2D eigenvalue weighted by Gasteiger charge is 2.42. The van der Waals surface area contributed by atoms with Gasteiger partial charge in [-0.05, 0) is 26.2 Å². The van der Waals surface area contributed by atoms with Crippen molar-refractivity contribution in [3.05, 3.63) is 0 Å². The molecule has 0 radical (unpaired) electrons. The van der Waals surface area contributed by atoms with E-state index in [0.29, 0.717) is 12.6 Å². The smallest absolute Gasteiger partial charge is 0.227 e. The summed E-state index contributed by atoms with van der Waals surface area (Å²) in [5.41, 5.74) is 5.46. The van der Waals surface area contributed by atoms with E-state index in [4.69, 9.17) is 5.73 Å². The van der Waals surface area contributed by atoms with E-state index in [1.165, 1.54) is 12.8 Å². The van der Waals surface area contributed by atoms with Crippen LogP contribution in [0.2, 0.25) is 0 Å². The van der Waals surface area contributed by atoms with Crippen molar-refractivity contribution >= 4 is 5.91 Å². The highest BCUT2D eigenvalue weighted by molar-refractivity contribution is 5.84. The first-order valence-corrected chi connectivity index (χ1v) is 6.15. The lowest BCUT2D eigenvalue weighted by atomic mass is 9.68. The molecule has 15 heavy (non-hydrogen) atoms. The molecule has 1 aliphatic rings. The third kappa shape index (κ3) is 2.94. The summed E-state index contributed by atoms with van der Waals surface area (Å²) in [5.74, 6) is 0.180. The molecule has 0 aromatic heterocycles. The van der Waals surface area contributed by atoms with Crippen LogP contribution < -0.4 is 11.1 Å². The van der Waals surface area contributed by atoms with E-state index in [9.17, 15) is 4.79 Å². The number of unbranched alkanes of at least 4 members (excludes halogenated alkanes) is 1. The lowest BCUT2D eigenvalue weighted by Crippen LogP contribution is -2.52. The maximum absolute atomic E-state index is 12.0. The van der Waals surface area contributed by atoms with Crippen LogP contribution in [-0.4, -0.2) is 18.5 Å². The molecule has 3 nitrogen and oxygen atoms in total. The Kier molecular flexibility index (Phi) is 4.58. The predicted octanol–water partition coefficient (Wildman–Crippen LogP) is 1.81. The van der Waals surface area contributed by atoms with Crippen LogP contribution in [0.15, 0.2) is 0 Å². The normalized spacial score (nSPS) is 20.5. The molecule has 1 rings (SSSR count). The zero-order valence-corrected chi connectivity index (χ0v) is 10.0. The second-order valence-corrected chi connectivity index (χ2v) is 4.85. The molecule has 0 saturated heterocycles. The molecule has 3 N–H and O–H groups in total. The fourth-order valence-electron chi connectivity index (χ4n) is 2.09. The van der Waals surface area contributed by atoms with Gasteiger partial charge in [0, 0.05) is 12.6 Å². The van der Waals surface area contributed by atoms with Crippen LogP contribution in [0.5, 0.6) is 0 Å². The molecule has 0 aromatic rings. The largest absolute Gasteiger partial charge is 0.353 e. The first-order valence-electron chi connectivity index (χ1n) is 6.15. The van der Waals surface area contributed by atoms with Gasteiger partial charge >= 0.3 is 0 Å². The van der Waals surface area contributed by atoms with Crippen LogP contribution in [0.3, 0.4) is 0 Å². The van der Waals surface area contributed by atoms with Crippen molar-refractivity contribution in [2.45, 2.75) is 58.4 Å². The molecule has 1 aliphatic carbocycles. The zero-order valence-electron chi connectivity index (χ0n) is 10.0. The van der Waals surface area contributed by atoms with Crippen LogP contribution in [0.4, 0.5) is 0 Å². The number of carbonyl (C=O) groups is 1. The Morgan fingerprint density at radius 2 is 2.20 bits per heavy atom. The average molecular weight is 212 g/mol. The lowest BCUT2D eigenvalue weighted by Gasteiger charge is -2.39. The molecule has 1 unspecified atom stereocenters. The van der Waals surface area contributed by atoms with E-state index < -0.39 is 0 Å². The average Bonchev–Trinajstić information content (AvgIpc) is 2.13. The molecule has 0 spiro atoms. The molecule has 1 saturated carbocycles. The topological polar surface area (TPSA) is 55.1 Å². The summed E-state index contributed by atoms with van der Waals surface area (Å²) in [6.07, 6.45) is 6.52. The summed E-state index contributed by atoms with van der Waals surface area (Å²) >= 11 is 0. The van der Waals surface area contributed by atoms with Gasteiger partial charge in [-0.2, -0.15) is 0 Å². The van der Waals surface area contributed by atoms with Crippen molar-refractivity contribution in [2.75, 3.05) is 6.54 Å². The van der Waals surface area contributed by atoms with E-state index in [-0.39, 0.29) is 11.3 Å². The summed E-state index contributed by atoms with van der Waals surface area (Å²) in [6, 6.07) is 0.293. The fourth-order valence-corrected chi connectivity index (χ4v) is 2.09. The summed E-state index contributed by atoms with van der Waals surface area (Å²) in [5, 5.41) is 3.09. The minimum absolute atomic E-state index is 0.180. The van der Waals surface area contributed by atoms with Crippen molar-refractivity contribution < 1.29 is 4.79 Å². The van der Waals surface area contributed by atoms with Gasteiger partial charge < -0.3 is 11.1 Å². The molecular formula is C12H24N2O. The Labute approximate surface area is 92.8 Å². The monoisotopic (exact) mass is 212 g/mol. The Bertz CT molecular complexity index is 206. The minimum atomic E-state index is -0.222. The van der Waals surface area contributed by atoms with Crippen molar-refractivity contribution in [3.63, 3.8) is 0 Å². The molecular weight excluding hydrogens is 188 g/mol. The van der Waals surface area contributed by atoms with E-state index in [1.54, 1.807) is 0 Å². The van der Waals surface area contributed by atoms with Crippen LogP contribution in [0.25, 0.3) is 0 Å². The van der Waals surface area contributed by atoms with Gasteiger partial charge in [0.05, 0.1) is 5.41 Å². The number of nitrogens with one attached hydrogen (secondary N) is 1. The standard InChI is InChI=1S/C12H24N2O/c1-3-4-6-10(2)14-11(15)12(9-13)7-5-8-12/h10H,3-9,13H2,1-2H3,(H,14,15). The summed E-state index contributed by atoms with van der Waals surface area (Å²) < 4.78 is 0. The molecule has 1 amide bonds. The number of carbonyl (C=O) groups excluding carboxylic acids is 1. The predicted molar refractivity (Wildman–Crippen MR) is 62.5 cm³/mol. The highest BCUT2D eigenvalue weighted by atomic mass is 16.2. The first kappa shape index (κ1) is 12.5. The SMILES string of the molecule is CCCCC(C)NC(=O)C1(CN)CCC1. The van der Waals surface area contributed by atoms with Gasteiger partial charge in [-0.25, -0.2) is 0 Å². The second-order valence-electron chi connectivity index (χ2n) is 4.85. The highest BCUT2D eigenvalue weighted by Crippen LogP contribution is 2.40.